The molecule has 0 aliphatic heterocycles. The molecule has 4 heteroatoms. The van der Waals surface area contributed by atoms with E-state index in [9.17, 15) is 0 Å². The van der Waals surface area contributed by atoms with E-state index in [0.29, 0.717) is 0 Å². The topological polar surface area (TPSA) is 19.7 Å². The summed E-state index contributed by atoms with van der Waals surface area (Å²) in [7, 11) is 0. The fourth-order valence-electron chi connectivity index (χ4n) is 13.6. The van der Waals surface area contributed by atoms with E-state index in [-0.39, 0.29) is 21.7 Å². The van der Waals surface area contributed by atoms with Crippen molar-refractivity contribution in [2.45, 2.75) is 105 Å². The monoisotopic (exact) mass is 1060 g/mol. The van der Waals surface area contributed by atoms with Gasteiger partial charge in [0.2, 0.25) is 0 Å². The van der Waals surface area contributed by atoms with Crippen LogP contribution < -0.4 is 0 Å². The lowest BCUT2D eigenvalue weighted by Gasteiger charge is -2.19. The second kappa shape index (κ2) is 17.3. The molecular weight excluding hydrogens is 993 g/mol. The molecule has 82 heavy (non-hydrogen) atoms. The van der Waals surface area contributed by atoms with Crippen molar-refractivity contribution in [2.24, 2.45) is 0 Å². The maximum Gasteiger partial charge on any atom is 0.0561 e. The van der Waals surface area contributed by atoms with Crippen molar-refractivity contribution in [3.63, 3.8) is 0 Å². The Labute approximate surface area is 480 Å². The van der Waals surface area contributed by atoms with Gasteiger partial charge >= 0.3 is 0 Å². The van der Waals surface area contributed by atoms with Crippen LogP contribution in [-0.2, 0) is 21.7 Å². The number of hydrogen-bond acceptors (Lipinski definition) is 0. The van der Waals surface area contributed by atoms with Gasteiger partial charge in [-0.3, -0.25) is 0 Å². The summed E-state index contributed by atoms with van der Waals surface area (Å²) in [5.41, 5.74) is 19.5. The summed E-state index contributed by atoms with van der Waals surface area (Å²) >= 11 is 0. The van der Waals surface area contributed by atoms with Crippen molar-refractivity contribution in [2.75, 3.05) is 0 Å². The lowest BCUT2D eigenvalue weighted by atomic mass is 9.85. The SMILES string of the molecule is CC(C)(C)c1ccc2c(c1)c1cc(C(C)(C)C)ccc1n2-c1ccc2c3ccc(-n4c5ccc(C(C)(C)C)cc5c5cc(C(C)(C)C)ccc54)cc3n(-c3ccc(-n4c5ccc6ccccc6c5c5c6ccccc6ccc54)cc3)c2c1. The Balaban J connectivity index is 0.993. The van der Waals surface area contributed by atoms with E-state index < -0.39 is 0 Å². The molecule has 0 unspecified atom stereocenters. The first kappa shape index (κ1) is 50.1. The summed E-state index contributed by atoms with van der Waals surface area (Å²) in [5.74, 6) is 0. The quantitative estimate of drug-likeness (QED) is 0.167. The average Bonchev–Trinajstić information content (AvgIpc) is 2.94. The molecule has 4 nitrogen and oxygen atoms in total. The number of hydrogen-bond donors (Lipinski definition) is 0. The summed E-state index contributed by atoms with van der Waals surface area (Å²) in [5, 5.41) is 15.2. The van der Waals surface area contributed by atoms with Crippen LogP contribution in [0.25, 0.3) is 132 Å². The maximum absolute atomic E-state index is 2.53. The lowest BCUT2D eigenvalue weighted by molar-refractivity contribution is 0.590. The third-order valence-electron chi connectivity index (χ3n) is 18.2. The van der Waals surface area contributed by atoms with E-state index in [4.69, 9.17) is 0 Å². The molecular formula is C78H70N4. The molecule has 4 aromatic heterocycles. The van der Waals surface area contributed by atoms with Crippen LogP contribution in [0.5, 0.6) is 0 Å². The number of fused-ring (bicyclic) bond motifs is 16. The van der Waals surface area contributed by atoms with Crippen molar-refractivity contribution in [1.82, 2.24) is 18.3 Å². The molecule has 0 spiro atoms. The molecule has 0 saturated carbocycles. The fraction of sp³-hybridized carbons (Fsp3) is 0.205. The number of aromatic nitrogens is 4. The van der Waals surface area contributed by atoms with Crippen molar-refractivity contribution >= 4 is 109 Å². The second-order valence-corrected chi connectivity index (χ2v) is 27.6. The molecule has 15 aromatic rings. The number of nitrogens with zero attached hydrogens (tertiary/aromatic N) is 4. The molecule has 4 heterocycles. The summed E-state index contributed by atoms with van der Waals surface area (Å²) in [6.45, 7) is 27.8. The molecule has 0 N–H and O–H groups in total. The Bertz CT molecular complexity index is 4730. The van der Waals surface area contributed by atoms with Crippen LogP contribution in [-0.4, -0.2) is 18.3 Å². The highest BCUT2D eigenvalue weighted by Crippen LogP contribution is 2.45. The number of rotatable bonds is 4. The lowest BCUT2D eigenvalue weighted by Crippen LogP contribution is -2.10. The van der Waals surface area contributed by atoms with Gasteiger partial charge in [-0.2, -0.15) is 0 Å². The highest BCUT2D eigenvalue weighted by Gasteiger charge is 2.26. The molecule has 0 saturated heterocycles. The zero-order chi connectivity index (χ0) is 56.5. The van der Waals surface area contributed by atoms with Crippen LogP contribution in [0.1, 0.15) is 105 Å². The molecule has 0 aliphatic rings. The summed E-state index contributed by atoms with van der Waals surface area (Å²) in [6.07, 6.45) is 0. The van der Waals surface area contributed by atoms with Gasteiger partial charge in [0.1, 0.15) is 0 Å². The molecule has 0 amide bonds. The minimum Gasteiger partial charge on any atom is -0.309 e. The predicted molar refractivity (Wildman–Crippen MR) is 354 cm³/mol. The van der Waals surface area contributed by atoms with Crippen molar-refractivity contribution in [3.8, 4) is 22.7 Å². The van der Waals surface area contributed by atoms with Crippen LogP contribution >= 0.6 is 0 Å². The van der Waals surface area contributed by atoms with Gasteiger partial charge in [-0.1, -0.05) is 180 Å². The van der Waals surface area contributed by atoms with Crippen LogP contribution in [0, 0.1) is 0 Å². The van der Waals surface area contributed by atoms with E-state index in [1.807, 2.05) is 0 Å². The van der Waals surface area contributed by atoms with Crippen molar-refractivity contribution in [3.05, 3.63) is 229 Å². The average molecular weight is 1060 g/mol. The van der Waals surface area contributed by atoms with Gasteiger partial charge < -0.3 is 18.3 Å². The van der Waals surface area contributed by atoms with E-state index in [0.717, 1.165) is 33.8 Å². The van der Waals surface area contributed by atoms with E-state index >= 15 is 0 Å². The van der Waals surface area contributed by atoms with Gasteiger partial charge in [0.15, 0.2) is 0 Å². The van der Waals surface area contributed by atoms with Crippen LogP contribution in [0.4, 0.5) is 0 Å². The van der Waals surface area contributed by atoms with Gasteiger partial charge in [0.25, 0.3) is 0 Å². The minimum atomic E-state index is 0.00671. The third kappa shape index (κ3) is 7.56. The third-order valence-corrected chi connectivity index (χ3v) is 18.2. The molecule has 0 bridgehead atoms. The standard InChI is InChI=1S/C78H70N4/c1-75(2,3)49-23-37-65-61(41-49)62-42-50(76(4,5)6)24-38-66(62)81(65)55-31-33-59-60-34-32-56(82-67-39-25-51(77(7,8)9)43-63(67)64-44-52(78(10,11)12)26-40-68(64)82)46-72(60)80(71(59)45-55)54-29-27-53(28-30-54)79-69-35-21-47-17-13-15-19-57(47)73(69)74-58-20-16-14-18-48(58)22-36-70(74)79/h13-46H,1-12H3. The van der Waals surface area contributed by atoms with Crippen LogP contribution in [0.3, 0.4) is 0 Å². The highest BCUT2D eigenvalue weighted by atomic mass is 15.0. The summed E-state index contributed by atoms with van der Waals surface area (Å²) < 4.78 is 10.0. The molecule has 0 aliphatic carbocycles. The maximum atomic E-state index is 2.53. The summed E-state index contributed by atoms with van der Waals surface area (Å²) in [4.78, 5) is 0. The van der Waals surface area contributed by atoms with Crippen molar-refractivity contribution in [1.29, 1.82) is 0 Å². The molecule has 0 atom stereocenters. The largest absolute Gasteiger partial charge is 0.309 e. The van der Waals surface area contributed by atoms with Gasteiger partial charge in [-0.05, 0) is 175 Å². The van der Waals surface area contributed by atoms with Gasteiger partial charge in [-0.25, -0.2) is 0 Å². The molecule has 15 rings (SSSR count). The van der Waals surface area contributed by atoms with Crippen LogP contribution in [0.2, 0.25) is 0 Å². The van der Waals surface area contributed by atoms with Gasteiger partial charge in [0, 0.05) is 65.8 Å². The Morgan fingerprint density at radius 3 is 0.817 bits per heavy atom. The Morgan fingerprint density at radius 2 is 0.488 bits per heavy atom. The second-order valence-electron chi connectivity index (χ2n) is 27.6. The smallest absolute Gasteiger partial charge is 0.0561 e. The van der Waals surface area contributed by atoms with E-state index in [1.54, 1.807) is 0 Å². The Hall–Kier alpha value is -8.86. The fourth-order valence-corrected chi connectivity index (χ4v) is 13.6. The first-order chi connectivity index (χ1) is 39.2. The molecule has 402 valence electrons. The zero-order valence-electron chi connectivity index (χ0n) is 49.4. The molecule has 0 fully saturated rings. The van der Waals surface area contributed by atoms with Crippen molar-refractivity contribution < 1.29 is 0 Å². The predicted octanol–water partition coefficient (Wildman–Crippen LogP) is 21.6. The molecule has 11 aromatic carbocycles. The zero-order valence-corrected chi connectivity index (χ0v) is 49.4. The first-order valence-electron chi connectivity index (χ1n) is 29.4. The van der Waals surface area contributed by atoms with E-state index in [2.05, 4.69) is 308 Å². The molecule has 0 radical (unpaired) electrons. The van der Waals surface area contributed by atoms with Gasteiger partial charge in [0.05, 0.1) is 44.1 Å². The Morgan fingerprint density at radius 1 is 0.207 bits per heavy atom. The minimum absolute atomic E-state index is 0.00671. The van der Waals surface area contributed by atoms with E-state index in [1.165, 1.54) is 120 Å². The first-order valence-corrected chi connectivity index (χ1v) is 29.4. The normalized spacial score (nSPS) is 13.1. The highest BCUT2D eigenvalue weighted by molar-refractivity contribution is 6.28. The number of benzene rings is 11. The summed E-state index contributed by atoms with van der Waals surface area (Å²) in [6, 6.07) is 79.2. The van der Waals surface area contributed by atoms with Gasteiger partial charge in [-0.15, -0.1) is 0 Å². The Kier molecular flexibility index (Phi) is 10.6. The van der Waals surface area contributed by atoms with Crippen LogP contribution in [0.15, 0.2) is 206 Å².